The number of methoxy groups -OCH3 is 1. The van der Waals surface area contributed by atoms with Crippen molar-refractivity contribution in [1.29, 1.82) is 0 Å². The Bertz CT molecular complexity index is 452. The molecule has 1 fully saturated rings. The van der Waals surface area contributed by atoms with E-state index in [1.807, 2.05) is 0 Å². The lowest BCUT2D eigenvalue weighted by molar-refractivity contribution is -0.140. The molecule has 16 heavy (non-hydrogen) atoms. The number of hydrogen-bond acceptors (Lipinski definition) is 3. The highest BCUT2D eigenvalue weighted by atomic mass is 19.1. The van der Waals surface area contributed by atoms with Crippen LogP contribution in [0.4, 0.5) is 4.39 Å². The monoisotopic (exact) mass is 226 g/mol. The van der Waals surface area contributed by atoms with Gasteiger partial charge in [-0.15, -0.1) is 0 Å². The van der Waals surface area contributed by atoms with Crippen LogP contribution in [0.1, 0.15) is 18.4 Å². The summed E-state index contributed by atoms with van der Waals surface area (Å²) in [5, 5.41) is 18.6. The van der Waals surface area contributed by atoms with Crippen LogP contribution in [0.25, 0.3) is 0 Å². The Kier molecular flexibility index (Phi) is 2.26. The van der Waals surface area contributed by atoms with Gasteiger partial charge >= 0.3 is 5.97 Å². The molecule has 1 aliphatic rings. The minimum Gasteiger partial charge on any atom is -0.508 e. The Morgan fingerprint density at radius 1 is 1.50 bits per heavy atom. The van der Waals surface area contributed by atoms with Crippen molar-refractivity contribution >= 4 is 5.97 Å². The summed E-state index contributed by atoms with van der Waals surface area (Å²) in [6.07, 6.45) is 0.898. The van der Waals surface area contributed by atoms with Crippen molar-refractivity contribution < 1.29 is 24.1 Å². The minimum atomic E-state index is -1.06. The summed E-state index contributed by atoms with van der Waals surface area (Å²) in [6, 6.07) is 2.14. The lowest BCUT2D eigenvalue weighted by Crippen LogP contribution is -2.19. The number of carboxylic acids is 1. The summed E-state index contributed by atoms with van der Waals surface area (Å²) in [5.41, 5.74) is -0.844. The molecule has 0 spiro atoms. The highest BCUT2D eigenvalue weighted by molar-refractivity contribution is 5.86. The number of benzene rings is 1. The molecule has 0 saturated heterocycles. The molecule has 0 radical (unpaired) electrons. The van der Waals surface area contributed by atoms with Crippen molar-refractivity contribution in [3.05, 3.63) is 23.5 Å². The van der Waals surface area contributed by atoms with Gasteiger partial charge in [0, 0.05) is 11.6 Å². The van der Waals surface area contributed by atoms with E-state index in [1.54, 1.807) is 0 Å². The number of aromatic hydroxyl groups is 1. The van der Waals surface area contributed by atoms with E-state index in [9.17, 15) is 14.3 Å². The first kappa shape index (κ1) is 10.7. The number of rotatable bonds is 3. The first-order chi connectivity index (χ1) is 7.51. The van der Waals surface area contributed by atoms with Crippen molar-refractivity contribution in [3.63, 3.8) is 0 Å². The number of ether oxygens (including phenoxy) is 1. The molecule has 1 aromatic rings. The zero-order valence-corrected chi connectivity index (χ0v) is 8.66. The molecular formula is C11H11FO4. The second kappa shape index (κ2) is 3.37. The highest BCUT2D eigenvalue weighted by Gasteiger charge is 2.53. The Morgan fingerprint density at radius 2 is 2.12 bits per heavy atom. The fourth-order valence-corrected chi connectivity index (χ4v) is 1.81. The summed E-state index contributed by atoms with van der Waals surface area (Å²) in [7, 11) is 1.29. The van der Waals surface area contributed by atoms with Crippen LogP contribution in [0.15, 0.2) is 12.1 Å². The molecular weight excluding hydrogens is 215 g/mol. The number of phenolic OH excluding ortho intramolecular Hbond substituents is 1. The fourth-order valence-electron chi connectivity index (χ4n) is 1.81. The largest absolute Gasteiger partial charge is 0.508 e. The van der Waals surface area contributed by atoms with Gasteiger partial charge in [-0.25, -0.2) is 4.39 Å². The maximum Gasteiger partial charge on any atom is 0.314 e. The Hall–Kier alpha value is -1.78. The topological polar surface area (TPSA) is 66.8 Å². The molecule has 0 unspecified atom stereocenters. The van der Waals surface area contributed by atoms with Gasteiger partial charge in [0.1, 0.15) is 5.75 Å². The molecule has 86 valence electrons. The van der Waals surface area contributed by atoms with Crippen molar-refractivity contribution in [2.75, 3.05) is 7.11 Å². The zero-order chi connectivity index (χ0) is 11.9. The lowest BCUT2D eigenvalue weighted by Gasteiger charge is -2.14. The predicted molar refractivity (Wildman–Crippen MR) is 53.2 cm³/mol. The molecule has 2 N–H and O–H groups in total. The summed E-state index contributed by atoms with van der Waals surface area (Å²) in [4.78, 5) is 11.1. The van der Waals surface area contributed by atoms with Crippen LogP contribution < -0.4 is 4.74 Å². The first-order valence-corrected chi connectivity index (χ1v) is 4.81. The van der Waals surface area contributed by atoms with E-state index in [2.05, 4.69) is 0 Å². The molecule has 1 saturated carbocycles. The molecule has 1 aliphatic carbocycles. The average Bonchev–Trinajstić information content (AvgIpc) is 2.99. The molecule has 0 aromatic heterocycles. The molecule has 2 rings (SSSR count). The van der Waals surface area contributed by atoms with Gasteiger partial charge in [-0.1, -0.05) is 0 Å². The number of halogens is 1. The summed E-state index contributed by atoms with van der Waals surface area (Å²) < 4.78 is 18.0. The predicted octanol–water partition coefficient (Wildman–Crippen LogP) is 1.66. The number of hydrogen-bond donors (Lipinski definition) is 2. The van der Waals surface area contributed by atoms with Crippen molar-refractivity contribution in [2.24, 2.45) is 0 Å². The van der Waals surface area contributed by atoms with Crippen molar-refractivity contribution in [2.45, 2.75) is 18.3 Å². The maximum atomic E-state index is 13.2. The fraction of sp³-hybridized carbons (Fsp3) is 0.364. The van der Waals surface area contributed by atoms with Gasteiger partial charge in [0.05, 0.1) is 12.5 Å². The SMILES string of the molecule is COc1cc(C2(C(=O)O)CC2)c(O)cc1F. The van der Waals surface area contributed by atoms with Crippen LogP contribution in [0.3, 0.4) is 0 Å². The molecule has 4 nitrogen and oxygen atoms in total. The highest BCUT2D eigenvalue weighted by Crippen LogP contribution is 2.52. The van der Waals surface area contributed by atoms with Crippen molar-refractivity contribution in [3.8, 4) is 11.5 Å². The van der Waals surface area contributed by atoms with Gasteiger partial charge in [0.25, 0.3) is 0 Å². The zero-order valence-electron chi connectivity index (χ0n) is 8.66. The number of aliphatic carboxylic acids is 1. The van der Waals surface area contributed by atoms with Gasteiger partial charge in [-0.3, -0.25) is 4.79 Å². The Balaban J connectivity index is 2.53. The third-order valence-electron chi connectivity index (χ3n) is 2.95. The summed E-state index contributed by atoms with van der Waals surface area (Å²) in [6.45, 7) is 0. The minimum absolute atomic E-state index is 0.0553. The molecule has 0 bridgehead atoms. The van der Waals surface area contributed by atoms with Crippen LogP contribution in [0.5, 0.6) is 11.5 Å². The van der Waals surface area contributed by atoms with Gasteiger partial charge in [0.15, 0.2) is 11.6 Å². The molecule has 0 heterocycles. The first-order valence-electron chi connectivity index (χ1n) is 4.81. The third kappa shape index (κ3) is 1.39. The standard InChI is InChI=1S/C11H11FO4/c1-16-9-4-6(8(13)5-7(9)12)11(2-3-11)10(14)15/h4-5,13H,2-3H2,1H3,(H,14,15). The van der Waals surface area contributed by atoms with E-state index in [0.717, 1.165) is 6.07 Å². The quantitative estimate of drug-likeness (QED) is 0.822. The normalized spacial score (nSPS) is 16.9. The van der Waals surface area contributed by atoms with E-state index in [-0.39, 0.29) is 17.1 Å². The molecule has 0 aliphatic heterocycles. The van der Waals surface area contributed by atoms with Gasteiger partial charge in [-0.2, -0.15) is 0 Å². The van der Waals surface area contributed by atoms with E-state index >= 15 is 0 Å². The Morgan fingerprint density at radius 3 is 2.56 bits per heavy atom. The van der Waals surface area contributed by atoms with E-state index in [4.69, 9.17) is 9.84 Å². The molecule has 0 atom stereocenters. The second-order valence-electron chi connectivity index (χ2n) is 3.89. The third-order valence-corrected chi connectivity index (χ3v) is 2.95. The Labute approximate surface area is 91.3 Å². The molecule has 5 heteroatoms. The van der Waals surface area contributed by atoms with Crippen LogP contribution in [0.2, 0.25) is 0 Å². The lowest BCUT2D eigenvalue weighted by atomic mass is 9.95. The summed E-state index contributed by atoms with van der Waals surface area (Å²) in [5.74, 6) is -2.10. The van der Waals surface area contributed by atoms with E-state index < -0.39 is 17.2 Å². The van der Waals surface area contributed by atoms with Crippen LogP contribution in [-0.4, -0.2) is 23.3 Å². The van der Waals surface area contributed by atoms with Crippen LogP contribution >= 0.6 is 0 Å². The number of phenols is 1. The molecule has 0 amide bonds. The average molecular weight is 226 g/mol. The smallest absolute Gasteiger partial charge is 0.314 e. The van der Waals surface area contributed by atoms with E-state index in [1.165, 1.54) is 13.2 Å². The van der Waals surface area contributed by atoms with Crippen LogP contribution in [-0.2, 0) is 10.2 Å². The van der Waals surface area contributed by atoms with Gasteiger partial charge in [0.2, 0.25) is 0 Å². The van der Waals surface area contributed by atoms with E-state index in [0.29, 0.717) is 12.8 Å². The molecule has 1 aromatic carbocycles. The number of carbonyl (C=O) groups is 1. The number of carboxylic acid groups (broad SMARTS) is 1. The maximum absolute atomic E-state index is 13.2. The van der Waals surface area contributed by atoms with Crippen molar-refractivity contribution in [1.82, 2.24) is 0 Å². The van der Waals surface area contributed by atoms with Gasteiger partial charge < -0.3 is 14.9 Å². The van der Waals surface area contributed by atoms with Gasteiger partial charge in [-0.05, 0) is 18.9 Å². The van der Waals surface area contributed by atoms with Crippen LogP contribution in [0, 0.1) is 5.82 Å². The summed E-state index contributed by atoms with van der Waals surface area (Å²) >= 11 is 0. The second-order valence-corrected chi connectivity index (χ2v) is 3.89.